The largest absolute Gasteiger partial charge is 0.368 e. The van der Waals surface area contributed by atoms with Crippen molar-refractivity contribution in [1.82, 2.24) is 19.6 Å². The van der Waals surface area contributed by atoms with Gasteiger partial charge < -0.3 is 16.0 Å². The Bertz CT molecular complexity index is 1360. The highest BCUT2D eigenvalue weighted by Gasteiger charge is 2.27. The lowest BCUT2D eigenvalue weighted by atomic mass is 9.96. The fourth-order valence-electron chi connectivity index (χ4n) is 5.07. The SMILES string of the molecule is C[C@@H]1C[C@H](N)CN(c2ccncc2Nc2ncc3ccc(-c4c(F)cc(C5CC5)cc4F)nn23)C1. The number of benzene rings is 1. The number of aromatic nitrogens is 4. The maximum Gasteiger partial charge on any atom is 0.229 e. The molecule has 180 valence electrons. The number of hydrogen-bond acceptors (Lipinski definition) is 6. The summed E-state index contributed by atoms with van der Waals surface area (Å²) in [7, 11) is 0. The molecule has 1 aliphatic heterocycles. The molecule has 9 heteroatoms. The van der Waals surface area contributed by atoms with Crippen LogP contribution in [0.5, 0.6) is 0 Å². The van der Waals surface area contributed by atoms with Crippen LogP contribution < -0.4 is 16.0 Å². The molecule has 4 aromatic rings. The molecular weight excluding hydrogens is 448 g/mol. The Morgan fingerprint density at radius 3 is 2.60 bits per heavy atom. The predicted molar refractivity (Wildman–Crippen MR) is 132 cm³/mol. The number of halogens is 2. The molecule has 35 heavy (non-hydrogen) atoms. The van der Waals surface area contributed by atoms with Gasteiger partial charge in [-0.15, -0.1) is 0 Å². The third kappa shape index (κ3) is 4.20. The summed E-state index contributed by atoms with van der Waals surface area (Å²) in [5.41, 5.74) is 9.50. The molecule has 0 unspecified atom stereocenters. The van der Waals surface area contributed by atoms with Gasteiger partial charge in [0.25, 0.3) is 0 Å². The average Bonchev–Trinajstić information content (AvgIpc) is 3.60. The summed E-state index contributed by atoms with van der Waals surface area (Å²) < 4.78 is 31.4. The third-order valence-corrected chi connectivity index (χ3v) is 6.83. The first-order valence-electron chi connectivity index (χ1n) is 12.0. The van der Waals surface area contributed by atoms with Crippen LogP contribution in [0, 0.1) is 17.6 Å². The van der Waals surface area contributed by atoms with Gasteiger partial charge in [0.15, 0.2) is 0 Å². The van der Waals surface area contributed by atoms with Crippen molar-refractivity contribution in [1.29, 1.82) is 0 Å². The molecular formula is C26H27F2N7. The zero-order chi connectivity index (χ0) is 24.1. The summed E-state index contributed by atoms with van der Waals surface area (Å²) in [5.74, 6) is -0.0239. The Morgan fingerprint density at radius 2 is 1.86 bits per heavy atom. The van der Waals surface area contributed by atoms with E-state index in [1.165, 1.54) is 12.1 Å². The molecule has 0 amide bonds. The Morgan fingerprint density at radius 1 is 1.06 bits per heavy atom. The van der Waals surface area contributed by atoms with Crippen LogP contribution in [-0.2, 0) is 0 Å². The Balaban J connectivity index is 1.35. The molecule has 1 saturated carbocycles. The first-order valence-corrected chi connectivity index (χ1v) is 12.0. The fraction of sp³-hybridized carbons (Fsp3) is 0.346. The number of nitrogens with two attached hydrogens (primary N) is 1. The maximum absolute atomic E-state index is 14.9. The van der Waals surface area contributed by atoms with Crippen molar-refractivity contribution in [3.63, 3.8) is 0 Å². The fourth-order valence-corrected chi connectivity index (χ4v) is 5.07. The molecule has 3 aromatic heterocycles. The Hall–Kier alpha value is -3.59. The molecule has 1 aliphatic carbocycles. The monoisotopic (exact) mass is 475 g/mol. The number of fused-ring (bicyclic) bond motifs is 1. The van der Waals surface area contributed by atoms with E-state index in [0.29, 0.717) is 22.9 Å². The van der Waals surface area contributed by atoms with E-state index in [-0.39, 0.29) is 23.2 Å². The van der Waals surface area contributed by atoms with Crippen LogP contribution in [0.4, 0.5) is 26.1 Å². The molecule has 0 bridgehead atoms. The molecule has 6 rings (SSSR count). The van der Waals surface area contributed by atoms with E-state index in [1.807, 2.05) is 6.07 Å². The van der Waals surface area contributed by atoms with Crippen molar-refractivity contribution in [3.05, 3.63) is 66.1 Å². The minimum atomic E-state index is -0.599. The van der Waals surface area contributed by atoms with Gasteiger partial charge in [-0.2, -0.15) is 9.61 Å². The van der Waals surface area contributed by atoms with Crippen LogP contribution >= 0.6 is 0 Å². The number of nitrogens with one attached hydrogen (secondary N) is 1. The predicted octanol–water partition coefficient (Wildman–Crippen LogP) is 4.86. The normalized spacial score (nSPS) is 20.4. The van der Waals surface area contributed by atoms with E-state index in [1.54, 1.807) is 35.2 Å². The maximum atomic E-state index is 14.9. The highest BCUT2D eigenvalue weighted by molar-refractivity contribution is 5.74. The van der Waals surface area contributed by atoms with E-state index >= 15 is 0 Å². The van der Waals surface area contributed by atoms with Crippen molar-refractivity contribution in [2.24, 2.45) is 11.7 Å². The number of imidazole rings is 1. The first kappa shape index (κ1) is 21.9. The van der Waals surface area contributed by atoms with Crippen molar-refractivity contribution in [3.8, 4) is 11.3 Å². The first-order chi connectivity index (χ1) is 17.0. The summed E-state index contributed by atoms with van der Waals surface area (Å²) in [5, 5.41) is 7.86. The van der Waals surface area contributed by atoms with Gasteiger partial charge in [0.1, 0.15) is 11.6 Å². The summed E-state index contributed by atoms with van der Waals surface area (Å²) in [6.45, 7) is 3.85. The minimum Gasteiger partial charge on any atom is -0.368 e. The van der Waals surface area contributed by atoms with Crippen LogP contribution in [0.1, 0.15) is 37.7 Å². The Kier molecular flexibility index (Phi) is 5.36. The van der Waals surface area contributed by atoms with Gasteiger partial charge >= 0.3 is 0 Å². The number of nitrogens with zero attached hydrogens (tertiary/aromatic N) is 5. The summed E-state index contributed by atoms with van der Waals surface area (Å²) in [6, 6.07) is 8.29. The van der Waals surface area contributed by atoms with Crippen LogP contribution in [0.2, 0.25) is 0 Å². The molecule has 4 heterocycles. The highest BCUT2D eigenvalue weighted by Crippen LogP contribution is 2.42. The van der Waals surface area contributed by atoms with Crippen molar-refractivity contribution >= 4 is 22.8 Å². The zero-order valence-electron chi connectivity index (χ0n) is 19.5. The van der Waals surface area contributed by atoms with Gasteiger partial charge in [0.05, 0.1) is 40.5 Å². The quantitative estimate of drug-likeness (QED) is 0.429. The van der Waals surface area contributed by atoms with Crippen LogP contribution in [0.15, 0.2) is 48.9 Å². The molecule has 2 fully saturated rings. The molecule has 1 saturated heterocycles. The molecule has 7 nitrogen and oxygen atoms in total. The van der Waals surface area contributed by atoms with Gasteiger partial charge in [0, 0.05) is 25.3 Å². The zero-order valence-corrected chi connectivity index (χ0v) is 19.5. The number of piperidine rings is 1. The molecule has 3 N–H and O–H groups in total. The van der Waals surface area contributed by atoms with E-state index in [4.69, 9.17) is 5.73 Å². The topological polar surface area (TPSA) is 84.4 Å². The van der Waals surface area contributed by atoms with Gasteiger partial charge in [0.2, 0.25) is 5.95 Å². The van der Waals surface area contributed by atoms with E-state index in [0.717, 1.165) is 43.7 Å². The second-order valence-corrected chi connectivity index (χ2v) is 9.79. The van der Waals surface area contributed by atoms with Crippen LogP contribution in [-0.4, -0.2) is 38.7 Å². The van der Waals surface area contributed by atoms with Crippen LogP contribution in [0.3, 0.4) is 0 Å². The standard InChI is InChI=1S/C26H27F2N7/c1-15-8-18(29)14-34(13-15)24-6-7-30-12-23(24)32-26-31-11-19-4-5-22(33-35(19)26)25-20(27)9-17(10-21(25)28)16-2-3-16/h4-7,9-12,15-16,18H,2-3,8,13-14,29H2,1H3,(H,31,32)/t15-,18+/m1/s1. The molecule has 0 radical (unpaired) electrons. The molecule has 2 atom stereocenters. The second-order valence-electron chi connectivity index (χ2n) is 9.79. The number of hydrogen-bond donors (Lipinski definition) is 2. The van der Waals surface area contributed by atoms with Gasteiger partial charge in [-0.25, -0.2) is 13.8 Å². The summed E-state index contributed by atoms with van der Waals surface area (Å²) in [4.78, 5) is 11.0. The summed E-state index contributed by atoms with van der Waals surface area (Å²) in [6.07, 6.45) is 8.10. The minimum absolute atomic E-state index is 0.104. The van der Waals surface area contributed by atoms with Crippen LogP contribution in [0.25, 0.3) is 16.8 Å². The third-order valence-electron chi connectivity index (χ3n) is 6.83. The lowest BCUT2D eigenvalue weighted by Gasteiger charge is -2.37. The van der Waals surface area contributed by atoms with Crippen molar-refractivity contribution in [2.45, 2.75) is 38.1 Å². The second kappa shape index (κ2) is 8.57. The average molecular weight is 476 g/mol. The number of pyridine rings is 1. The van der Waals surface area contributed by atoms with Crippen molar-refractivity contribution < 1.29 is 8.78 Å². The summed E-state index contributed by atoms with van der Waals surface area (Å²) >= 11 is 0. The highest BCUT2D eigenvalue weighted by atomic mass is 19.1. The molecule has 0 spiro atoms. The van der Waals surface area contributed by atoms with E-state index in [2.05, 4.69) is 32.2 Å². The molecule has 2 aliphatic rings. The van der Waals surface area contributed by atoms with E-state index < -0.39 is 11.6 Å². The lowest BCUT2D eigenvalue weighted by Crippen LogP contribution is -2.46. The van der Waals surface area contributed by atoms with E-state index in [9.17, 15) is 8.78 Å². The van der Waals surface area contributed by atoms with Gasteiger partial charge in [-0.05, 0) is 67.0 Å². The number of anilines is 3. The number of rotatable bonds is 5. The lowest BCUT2D eigenvalue weighted by molar-refractivity contribution is 0.402. The smallest absolute Gasteiger partial charge is 0.229 e. The van der Waals surface area contributed by atoms with Gasteiger partial charge in [-0.1, -0.05) is 6.92 Å². The molecule has 1 aromatic carbocycles. The Labute approximate surface area is 202 Å². The van der Waals surface area contributed by atoms with Gasteiger partial charge in [-0.3, -0.25) is 4.98 Å². The van der Waals surface area contributed by atoms with Crippen molar-refractivity contribution in [2.75, 3.05) is 23.3 Å².